The number of cyclic esters (lactones) is 1. The number of ketones is 1. The van der Waals surface area contributed by atoms with Crippen LogP contribution in [0.3, 0.4) is 0 Å². The second-order valence-electron chi connectivity index (χ2n) is 12.3. The molecule has 8 nitrogen and oxygen atoms in total. The fourth-order valence-corrected chi connectivity index (χ4v) is 6.68. The molecule has 2 aliphatic rings. The molecular formula is C31H43NO7S. The minimum atomic E-state index is -1.29. The molecule has 3 N–H and O–H groups in total. The number of aromatic nitrogens is 1. The molecular weight excluding hydrogens is 530 g/mol. The van der Waals surface area contributed by atoms with Crippen molar-refractivity contribution in [3.8, 4) is 0 Å². The standard InChI is InChI=1S/C31H43NO7S/c1-6-7-10-20-28(36)18(2)9-8-13-31(5)25(39-31)15-22(38-27(35)16-24(34)30(3,4)29(20)37)19-11-12-23-21(14-19)32-26(17-33)40-23/h6,11-12,14,18,20,22,24-25,28,33-34,36H,1,7-10,13,15-17H2,2-5H3/t18-,20+,22-,24-,25-,28-,31+/m0/s1. The first kappa shape index (κ1) is 30.8. The number of esters is 1. The number of allylic oxidation sites excluding steroid dienone is 1. The fourth-order valence-electron chi connectivity index (χ4n) is 5.87. The lowest BCUT2D eigenvalue weighted by atomic mass is 9.71. The molecule has 2 saturated heterocycles. The van der Waals surface area contributed by atoms with Crippen molar-refractivity contribution < 1.29 is 34.4 Å². The van der Waals surface area contributed by atoms with Gasteiger partial charge < -0.3 is 24.8 Å². The van der Waals surface area contributed by atoms with Crippen LogP contribution in [0.1, 0.15) is 89.3 Å². The molecule has 3 heterocycles. The zero-order valence-electron chi connectivity index (χ0n) is 24.0. The average molecular weight is 574 g/mol. The molecule has 0 radical (unpaired) electrons. The largest absolute Gasteiger partial charge is 0.457 e. The first-order chi connectivity index (χ1) is 18.9. The molecule has 0 saturated carbocycles. The van der Waals surface area contributed by atoms with Gasteiger partial charge in [0.15, 0.2) is 0 Å². The Labute approximate surface area is 240 Å². The summed E-state index contributed by atoms with van der Waals surface area (Å²) in [7, 11) is 0. The molecule has 40 heavy (non-hydrogen) atoms. The van der Waals surface area contributed by atoms with E-state index < -0.39 is 35.6 Å². The van der Waals surface area contributed by atoms with Gasteiger partial charge in [0.25, 0.3) is 0 Å². The van der Waals surface area contributed by atoms with E-state index in [0.29, 0.717) is 24.3 Å². The lowest BCUT2D eigenvalue weighted by Crippen LogP contribution is -2.46. The molecule has 0 unspecified atom stereocenters. The van der Waals surface area contributed by atoms with E-state index in [1.807, 2.05) is 25.1 Å². The Morgan fingerprint density at radius 3 is 2.67 bits per heavy atom. The molecule has 4 rings (SSSR count). The molecule has 0 aliphatic carbocycles. The summed E-state index contributed by atoms with van der Waals surface area (Å²) in [4.78, 5) is 31.4. The third-order valence-corrected chi connectivity index (χ3v) is 9.90. The number of rotatable bonds is 5. The molecule has 0 spiro atoms. The third kappa shape index (κ3) is 6.65. The van der Waals surface area contributed by atoms with Crippen molar-refractivity contribution in [1.29, 1.82) is 0 Å². The van der Waals surface area contributed by atoms with Gasteiger partial charge in [-0.05, 0) is 56.2 Å². The van der Waals surface area contributed by atoms with Gasteiger partial charge in [0.2, 0.25) is 0 Å². The number of carbonyl (C=O) groups is 2. The summed E-state index contributed by atoms with van der Waals surface area (Å²) >= 11 is 1.41. The first-order valence-corrected chi connectivity index (χ1v) is 15.1. The van der Waals surface area contributed by atoms with Gasteiger partial charge in [0.1, 0.15) is 16.9 Å². The predicted octanol–water partition coefficient (Wildman–Crippen LogP) is 5.03. The average Bonchev–Trinajstić information content (AvgIpc) is 3.35. The number of ether oxygens (including phenoxy) is 2. The van der Waals surface area contributed by atoms with Crippen LogP contribution in [0, 0.1) is 17.3 Å². The highest BCUT2D eigenvalue weighted by Gasteiger charge is 2.53. The van der Waals surface area contributed by atoms with E-state index in [0.717, 1.165) is 35.0 Å². The van der Waals surface area contributed by atoms with Crippen molar-refractivity contribution >= 4 is 33.3 Å². The number of nitrogens with zero attached hydrogens (tertiary/aromatic N) is 1. The van der Waals surface area contributed by atoms with Gasteiger partial charge in [-0.25, -0.2) is 4.98 Å². The van der Waals surface area contributed by atoms with E-state index in [1.54, 1.807) is 19.9 Å². The Morgan fingerprint density at radius 2 is 1.98 bits per heavy atom. The fraction of sp³-hybridized carbons (Fsp3) is 0.645. The lowest BCUT2D eigenvalue weighted by Gasteiger charge is -2.36. The maximum absolute atomic E-state index is 13.7. The third-order valence-electron chi connectivity index (χ3n) is 8.87. The number of aliphatic hydroxyl groups excluding tert-OH is 3. The van der Waals surface area contributed by atoms with Crippen LogP contribution in [-0.2, 0) is 25.7 Å². The zero-order valence-corrected chi connectivity index (χ0v) is 24.8. The summed E-state index contributed by atoms with van der Waals surface area (Å²) in [5.41, 5.74) is -0.142. The van der Waals surface area contributed by atoms with Crippen LogP contribution in [0.2, 0.25) is 0 Å². The summed E-state index contributed by atoms with van der Waals surface area (Å²) in [5.74, 6) is -1.67. The van der Waals surface area contributed by atoms with Crippen LogP contribution in [0.4, 0.5) is 0 Å². The Kier molecular flexibility index (Phi) is 9.52. The number of Topliss-reactive ketones (excluding diaryl/α,β-unsaturated/α-hetero) is 1. The van der Waals surface area contributed by atoms with E-state index >= 15 is 0 Å². The second kappa shape index (κ2) is 12.4. The highest BCUT2D eigenvalue weighted by molar-refractivity contribution is 7.18. The van der Waals surface area contributed by atoms with Crippen LogP contribution in [-0.4, -0.2) is 56.0 Å². The topological polar surface area (TPSA) is 129 Å². The van der Waals surface area contributed by atoms with Gasteiger partial charge in [-0.15, -0.1) is 17.9 Å². The smallest absolute Gasteiger partial charge is 0.309 e. The normalized spacial score (nSPS) is 33.8. The van der Waals surface area contributed by atoms with Crippen LogP contribution in [0.15, 0.2) is 30.9 Å². The number of aliphatic hydroxyl groups is 3. The van der Waals surface area contributed by atoms with E-state index in [-0.39, 0.29) is 36.4 Å². The van der Waals surface area contributed by atoms with Gasteiger partial charge in [0, 0.05) is 12.3 Å². The molecule has 7 atom stereocenters. The number of thiazole rings is 1. The number of hydrogen-bond donors (Lipinski definition) is 3. The summed E-state index contributed by atoms with van der Waals surface area (Å²) in [6.45, 7) is 10.9. The number of carbonyl (C=O) groups excluding carboxylic acids is 2. The maximum atomic E-state index is 13.7. The van der Waals surface area contributed by atoms with Gasteiger partial charge in [-0.2, -0.15) is 0 Å². The quantitative estimate of drug-likeness (QED) is 0.258. The van der Waals surface area contributed by atoms with Crippen LogP contribution in [0.25, 0.3) is 10.2 Å². The minimum Gasteiger partial charge on any atom is -0.457 e. The molecule has 0 amide bonds. The van der Waals surface area contributed by atoms with E-state index in [4.69, 9.17) is 9.47 Å². The molecule has 2 fully saturated rings. The van der Waals surface area contributed by atoms with E-state index in [9.17, 15) is 24.9 Å². The van der Waals surface area contributed by atoms with Crippen LogP contribution in [0.5, 0.6) is 0 Å². The van der Waals surface area contributed by atoms with Crippen molar-refractivity contribution in [3.05, 3.63) is 41.4 Å². The Hall–Kier alpha value is -2.17. The predicted molar refractivity (Wildman–Crippen MR) is 154 cm³/mol. The molecule has 9 heteroatoms. The van der Waals surface area contributed by atoms with Crippen molar-refractivity contribution in [2.45, 2.75) is 109 Å². The lowest BCUT2D eigenvalue weighted by molar-refractivity contribution is -0.156. The highest BCUT2D eigenvalue weighted by atomic mass is 32.1. The Bertz CT molecular complexity index is 1230. The Balaban J connectivity index is 1.63. The summed E-state index contributed by atoms with van der Waals surface area (Å²) in [6.07, 6.45) is 2.27. The second-order valence-corrected chi connectivity index (χ2v) is 13.4. The van der Waals surface area contributed by atoms with Crippen LogP contribution >= 0.6 is 11.3 Å². The molecule has 2 aromatic rings. The van der Waals surface area contributed by atoms with Gasteiger partial charge in [0.05, 0.1) is 52.6 Å². The van der Waals surface area contributed by atoms with E-state index in [2.05, 4.69) is 18.5 Å². The zero-order chi connectivity index (χ0) is 29.2. The van der Waals surface area contributed by atoms with Gasteiger partial charge in [-0.1, -0.05) is 39.3 Å². The number of fused-ring (bicyclic) bond motifs is 2. The summed E-state index contributed by atoms with van der Waals surface area (Å²) in [6, 6.07) is 5.68. The molecule has 0 bridgehead atoms. The highest BCUT2D eigenvalue weighted by Crippen LogP contribution is 2.47. The maximum Gasteiger partial charge on any atom is 0.309 e. The van der Waals surface area contributed by atoms with Gasteiger partial charge >= 0.3 is 5.97 Å². The molecule has 1 aromatic heterocycles. The van der Waals surface area contributed by atoms with Crippen molar-refractivity contribution in [2.75, 3.05) is 0 Å². The first-order valence-electron chi connectivity index (χ1n) is 14.3. The SMILES string of the molecule is C=CCC[C@H]1C(=O)C(C)(C)[C@@H](O)CC(=O)O[C@H](c2ccc3sc(CO)nc3c2)C[C@@H]2O[C@]2(C)CCC[C@H](C)[C@@H]1O. The molecule has 2 aliphatic heterocycles. The minimum absolute atomic E-state index is 0.110. The number of hydrogen-bond acceptors (Lipinski definition) is 9. The Morgan fingerprint density at radius 1 is 1.23 bits per heavy atom. The van der Waals surface area contributed by atoms with Gasteiger partial charge in [-0.3, -0.25) is 9.59 Å². The van der Waals surface area contributed by atoms with Crippen LogP contribution < -0.4 is 0 Å². The van der Waals surface area contributed by atoms with Crippen molar-refractivity contribution in [2.24, 2.45) is 17.3 Å². The molecule has 220 valence electrons. The molecule has 1 aromatic carbocycles. The van der Waals surface area contributed by atoms with E-state index in [1.165, 1.54) is 11.3 Å². The monoisotopic (exact) mass is 573 g/mol. The summed E-state index contributed by atoms with van der Waals surface area (Å²) < 4.78 is 13.0. The van der Waals surface area contributed by atoms with Crippen molar-refractivity contribution in [3.63, 3.8) is 0 Å². The number of benzene rings is 1. The van der Waals surface area contributed by atoms with Crippen molar-refractivity contribution in [1.82, 2.24) is 4.98 Å². The number of epoxide rings is 1. The summed E-state index contributed by atoms with van der Waals surface area (Å²) in [5, 5.41) is 32.5.